The van der Waals surface area contributed by atoms with E-state index in [9.17, 15) is 9.59 Å². The van der Waals surface area contributed by atoms with Crippen LogP contribution in [0.4, 0.5) is 5.13 Å². The van der Waals surface area contributed by atoms with E-state index < -0.39 is 11.9 Å². The van der Waals surface area contributed by atoms with Crippen molar-refractivity contribution >= 4 is 39.9 Å². The summed E-state index contributed by atoms with van der Waals surface area (Å²) in [6.45, 7) is 1.49. The number of amides is 1. The monoisotopic (exact) mass is 449 g/mol. The summed E-state index contributed by atoms with van der Waals surface area (Å²) in [5, 5.41) is 10.8. The fraction of sp³-hybridized carbons (Fsp3) is 0.222. The number of halogens is 1. The van der Waals surface area contributed by atoms with Crippen molar-refractivity contribution in [1.82, 2.24) is 20.2 Å². The standard InChI is InChI=1S/C18H16ClN5O5S/c1-9-4-10(11-5-14(19)21-7-13(11)27-2)12(6-20-9)16(26)22-17-23-24-18(30-17)29-8-15(25)28-3/h4-7H,8H2,1-3H3,(H,22,23,26). The molecule has 0 unspecified atom stereocenters. The molecule has 12 heteroatoms. The third-order valence-corrected chi connectivity index (χ3v) is 4.76. The first kappa shape index (κ1) is 21.4. The lowest BCUT2D eigenvalue weighted by atomic mass is 10.0. The van der Waals surface area contributed by atoms with Crippen molar-refractivity contribution in [2.75, 3.05) is 26.1 Å². The van der Waals surface area contributed by atoms with Crippen LogP contribution in [0.15, 0.2) is 24.5 Å². The molecule has 0 aliphatic heterocycles. The Morgan fingerprint density at radius 3 is 2.67 bits per heavy atom. The maximum absolute atomic E-state index is 12.9. The Labute approximate surface area is 180 Å². The summed E-state index contributed by atoms with van der Waals surface area (Å²) < 4.78 is 15.0. The number of methoxy groups -OCH3 is 2. The molecule has 0 aromatic carbocycles. The van der Waals surface area contributed by atoms with Gasteiger partial charge in [0.1, 0.15) is 10.9 Å². The fourth-order valence-electron chi connectivity index (χ4n) is 2.42. The summed E-state index contributed by atoms with van der Waals surface area (Å²) in [4.78, 5) is 32.3. The second-order valence-corrected chi connectivity index (χ2v) is 7.10. The minimum atomic E-state index is -0.559. The van der Waals surface area contributed by atoms with Crippen molar-refractivity contribution in [2.24, 2.45) is 0 Å². The van der Waals surface area contributed by atoms with Gasteiger partial charge < -0.3 is 14.2 Å². The molecule has 0 saturated heterocycles. The average Bonchev–Trinajstić information content (AvgIpc) is 3.19. The molecule has 0 bridgehead atoms. The van der Waals surface area contributed by atoms with Crippen molar-refractivity contribution < 1.29 is 23.8 Å². The maximum Gasteiger partial charge on any atom is 0.343 e. The molecule has 0 fully saturated rings. The predicted octanol–water partition coefficient (Wildman–Crippen LogP) is 2.77. The summed E-state index contributed by atoms with van der Waals surface area (Å²) in [5.74, 6) is -0.576. The van der Waals surface area contributed by atoms with Gasteiger partial charge in [-0.3, -0.25) is 15.1 Å². The molecule has 0 aliphatic carbocycles. The lowest BCUT2D eigenvalue weighted by Gasteiger charge is -2.13. The van der Waals surface area contributed by atoms with Crippen LogP contribution in [0.2, 0.25) is 5.15 Å². The Bertz CT molecular complexity index is 1090. The molecule has 0 aliphatic rings. The Balaban J connectivity index is 1.87. The molecule has 3 rings (SSSR count). The second kappa shape index (κ2) is 9.46. The van der Waals surface area contributed by atoms with Crippen LogP contribution in [-0.2, 0) is 9.53 Å². The molecule has 0 saturated carbocycles. The van der Waals surface area contributed by atoms with E-state index in [-0.39, 0.29) is 27.6 Å². The summed E-state index contributed by atoms with van der Waals surface area (Å²) in [6.07, 6.45) is 2.92. The number of hydrogen-bond donors (Lipinski definition) is 1. The number of nitrogens with one attached hydrogen (secondary N) is 1. The summed E-state index contributed by atoms with van der Waals surface area (Å²) in [6, 6.07) is 3.35. The zero-order valence-corrected chi connectivity index (χ0v) is 17.7. The molecule has 1 amide bonds. The second-order valence-electron chi connectivity index (χ2n) is 5.77. The Morgan fingerprint density at radius 1 is 1.13 bits per heavy atom. The van der Waals surface area contributed by atoms with Crippen LogP contribution in [0, 0.1) is 6.92 Å². The molecule has 30 heavy (non-hydrogen) atoms. The van der Waals surface area contributed by atoms with Gasteiger partial charge in [-0.15, -0.1) is 5.10 Å². The highest BCUT2D eigenvalue weighted by Gasteiger charge is 2.19. The van der Waals surface area contributed by atoms with Gasteiger partial charge in [-0.2, -0.15) is 0 Å². The maximum atomic E-state index is 12.9. The van der Waals surface area contributed by atoms with E-state index in [1.54, 1.807) is 19.1 Å². The molecule has 156 valence electrons. The minimum absolute atomic E-state index is 0.112. The predicted molar refractivity (Wildman–Crippen MR) is 109 cm³/mol. The van der Waals surface area contributed by atoms with Gasteiger partial charge in [-0.1, -0.05) is 16.7 Å². The van der Waals surface area contributed by atoms with Gasteiger partial charge in [0.2, 0.25) is 5.13 Å². The van der Waals surface area contributed by atoms with Gasteiger partial charge >= 0.3 is 5.97 Å². The van der Waals surface area contributed by atoms with E-state index in [4.69, 9.17) is 21.1 Å². The van der Waals surface area contributed by atoms with E-state index in [1.807, 2.05) is 0 Å². The van der Waals surface area contributed by atoms with Gasteiger partial charge in [0, 0.05) is 23.0 Å². The highest BCUT2D eigenvalue weighted by Crippen LogP contribution is 2.34. The lowest BCUT2D eigenvalue weighted by molar-refractivity contribution is -0.142. The van der Waals surface area contributed by atoms with Crippen LogP contribution in [0.1, 0.15) is 16.1 Å². The molecular weight excluding hydrogens is 434 g/mol. The smallest absolute Gasteiger partial charge is 0.343 e. The molecular formula is C18H16ClN5O5S. The van der Waals surface area contributed by atoms with Crippen LogP contribution >= 0.6 is 22.9 Å². The summed E-state index contributed by atoms with van der Waals surface area (Å²) >= 11 is 7.01. The summed E-state index contributed by atoms with van der Waals surface area (Å²) in [5.41, 5.74) is 2.12. The van der Waals surface area contributed by atoms with Gasteiger partial charge in [-0.05, 0) is 30.4 Å². The zero-order valence-electron chi connectivity index (χ0n) is 16.1. The molecule has 0 spiro atoms. The van der Waals surface area contributed by atoms with E-state index in [0.29, 0.717) is 22.6 Å². The molecule has 3 aromatic heterocycles. The van der Waals surface area contributed by atoms with Crippen LogP contribution in [0.5, 0.6) is 10.9 Å². The van der Waals surface area contributed by atoms with Gasteiger partial charge in [0.15, 0.2) is 6.61 Å². The number of carbonyl (C=O) groups excluding carboxylic acids is 2. The number of rotatable bonds is 7. The number of esters is 1. The van der Waals surface area contributed by atoms with Crippen molar-refractivity contribution in [3.05, 3.63) is 40.9 Å². The van der Waals surface area contributed by atoms with E-state index in [0.717, 1.165) is 11.3 Å². The van der Waals surface area contributed by atoms with Crippen LogP contribution in [0.3, 0.4) is 0 Å². The number of carbonyl (C=O) groups is 2. The Morgan fingerprint density at radius 2 is 1.93 bits per heavy atom. The van der Waals surface area contributed by atoms with Crippen LogP contribution < -0.4 is 14.8 Å². The van der Waals surface area contributed by atoms with Crippen molar-refractivity contribution in [3.8, 4) is 22.1 Å². The minimum Gasteiger partial charge on any atom is -0.494 e. The third-order valence-electron chi connectivity index (χ3n) is 3.80. The van der Waals surface area contributed by atoms with Crippen molar-refractivity contribution in [2.45, 2.75) is 6.92 Å². The Kier molecular flexibility index (Phi) is 6.75. The fourth-order valence-corrected chi connectivity index (χ4v) is 3.16. The van der Waals surface area contributed by atoms with Crippen LogP contribution in [-0.4, -0.2) is 52.9 Å². The van der Waals surface area contributed by atoms with Gasteiger partial charge in [0.25, 0.3) is 11.1 Å². The molecule has 1 N–H and O–H groups in total. The highest BCUT2D eigenvalue weighted by atomic mass is 35.5. The quantitative estimate of drug-likeness (QED) is 0.428. The first-order valence-corrected chi connectivity index (χ1v) is 9.61. The van der Waals surface area contributed by atoms with E-state index >= 15 is 0 Å². The first-order valence-electron chi connectivity index (χ1n) is 8.42. The van der Waals surface area contributed by atoms with Crippen molar-refractivity contribution in [3.63, 3.8) is 0 Å². The number of pyridine rings is 2. The number of aromatic nitrogens is 4. The SMILES string of the molecule is COC(=O)COc1nnc(NC(=O)c2cnc(C)cc2-c2cc(Cl)ncc2OC)s1. The topological polar surface area (TPSA) is 125 Å². The van der Waals surface area contributed by atoms with E-state index in [2.05, 4.69) is 30.2 Å². The molecule has 3 aromatic rings. The lowest BCUT2D eigenvalue weighted by Crippen LogP contribution is -2.14. The third kappa shape index (κ3) is 4.99. The highest BCUT2D eigenvalue weighted by molar-refractivity contribution is 7.17. The number of nitrogens with zero attached hydrogens (tertiary/aromatic N) is 4. The number of aryl methyl sites for hydroxylation is 1. The zero-order chi connectivity index (χ0) is 21.7. The largest absolute Gasteiger partial charge is 0.494 e. The van der Waals surface area contributed by atoms with Gasteiger partial charge in [-0.25, -0.2) is 9.78 Å². The number of ether oxygens (including phenoxy) is 3. The van der Waals surface area contributed by atoms with E-state index in [1.165, 1.54) is 26.6 Å². The van der Waals surface area contributed by atoms with Crippen molar-refractivity contribution in [1.29, 1.82) is 0 Å². The molecule has 10 nitrogen and oxygen atoms in total. The number of anilines is 1. The average molecular weight is 450 g/mol. The molecule has 0 atom stereocenters. The summed E-state index contributed by atoms with van der Waals surface area (Å²) in [7, 11) is 2.74. The first-order chi connectivity index (χ1) is 14.4. The molecule has 0 radical (unpaired) electrons. The van der Waals surface area contributed by atoms with Gasteiger partial charge in [0.05, 0.1) is 26.0 Å². The molecule has 3 heterocycles. The number of hydrogen-bond acceptors (Lipinski definition) is 10. The van der Waals surface area contributed by atoms with Crippen LogP contribution in [0.25, 0.3) is 11.1 Å². The normalized spacial score (nSPS) is 10.4. The Hall–Kier alpha value is -3.31.